The molecule has 2 fully saturated rings. The molecule has 126 valence electrons. The third kappa shape index (κ3) is 2.71. The fourth-order valence-corrected chi connectivity index (χ4v) is 3.13. The van der Waals surface area contributed by atoms with E-state index in [1.54, 1.807) is 6.92 Å². The molecule has 0 aliphatic carbocycles. The van der Waals surface area contributed by atoms with Gasteiger partial charge in [-0.15, -0.1) is 0 Å². The van der Waals surface area contributed by atoms with Crippen molar-refractivity contribution in [2.24, 2.45) is 0 Å². The lowest BCUT2D eigenvalue weighted by atomic mass is 10.1. The van der Waals surface area contributed by atoms with Gasteiger partial charge in [-0.05, 0) is 6.92 Å². The summed E-state index contributed by atoms with van der Waals surface area (Å²) in [5.74, 6) is 0. The van der Waals surface area contributed by atoms with Crippen LogP contribution in [-0.4, -0.2) is 28.4 Å². The first kappa shape index (κ1) is 15.3. The number of nitrogens with zero attached hydrogens (tertiary/aromatic N) is 1. The Labute approximate surface area is 137 Å². The molecule has 2 unspecified atom stereocenters. The molecule has 4 rings (SSSR count). The molecule has 0 saturated carbocycles. The van der Waals surface area contributed by atoms with Gasteiger partial charge in [0.1, 0.15) is 12.3 Å². The fourth-order valence-electron chi connectivity index (χ4n) is 3.13. The molecule has 24 heavy (non-hydrogen) atoms. The molecule has 1 aromatic carbocycles. The number of hydrogen-bond acceptors (Lipinski definition) is 5. The highest BCUT2D eigenvalue weighted by atomic mass is 16.7. The Bertz CT molecular complexity index is 844. The van der Waals surface area contributed by atoms with E-state index in [-0.39, 0.29) is 17.8 Å². The van der Waals surface area contributed by atoms with Crippen LogP contribution in [0.1, 0.15) is 30.1 Å². The summed E-state index contributed by atoms with van der Waals surface area (Å²) >= 11 is 0. The maximum Gasteiger partial charge on any atom is 0.330 e. The first-order chi connectivity index (χ1) is 11.6. The molecule has 2 saturated heterocycles. The summed E-state index contributed by atoms with van der Waals surface area (Å²) in [6, 6.07) is 9.71. The zero-order valence-electron chi connectivity index (χ0n) is 13.2. The summed E-state index contributed by atoms with van der Waals surface area (Å²) in [5.41, 5.74) is 0.564. The molecule has 7 nitrogen and oxygen atoms in total. The third-order valence-electron chi connectivity index (χ3n) is 4.42. The molecule has 2 aliphatic heterocycles. The Morgan fingerprint density at radius 2 is 1.92 bits per heavy atom. The topological polar surface area (TPSA) is 82.6 Å². The number of aryl methyl sites for hydroxylation is 1. The van der Waals surface area contributed by atoms with Crippen molar-refractivity contribution in [3.63, 3.8) is 0 Å². The van der Waals surface area contributed by atoms with E-state index >= 15 is 0 Å². The molecule has 7 heteroatoms. The van der Waals surface area contributed by atoms with E-state index in [4.69, 9.17) is 14.2 Å². The summed E-state index contributed by atoms with van der Waals surface area (Å²) in [6.07, 6.45) is 0.772. The third-order valence-corrected chi connectivity index (χ3v) is 4.42. The Balaban J connectivity index is 1.53. The fraction of sp³-hybridized carbons (Fsp3) is 0.412. The van der Waals surface area contributed by atoms with Gasteiger partial charge in [-0.3, -0.25) is 14.3 Å². The lowest BCUT2D eigenvalue weighted by molar-refractivity contribution is -0.245. The van der Waals surface area contributed by atoms with Gasteiger partial charge in [0.05, 0.1) is 12.7 Å². The maximum absolute atomic E-state index is 12.0. The van der Waals surface area contributed by atoms with Gasteiger partial charge < -0.3 is 14.2 Å². The number of nitrogens with one attached hydrogen (secondary N) is 1. The van der Waals surface area contributed by atoms with Crippen molar-refractivity contribution in [2.75, 3.05) is 6.61 Å². The maximum atomic E-state index is 12.0. The van der Waals surface area contributed by atoms with Gasteiger partial charge in [-0.2, -0.15) is 0 Å². The largest absolute Gasteiger partial charge is 0.349 e. The van der Waals surface area contributed by atoms with Crippen molar-refractivity contribution < 1.29 is 14.2 Å². The predicted molar refractivity (Wildman–Crippen MR) is 84.6 cm³/mol. The molecule has 0 amide bonds. The second kappa shape index (κ2) is 6.01. The van der Waals surface area contributed by atoms with E-state index in [0.29, 0.717) is 18.6 Å². The molecular weight excluding hydrogens is 312 g/mol. The standard InChI is InChI=1S/C17H18N2O5/c1-10-8-19(17(21)18-15(10)20)14-7-12-13(23-14)9-22-16(24-12)11-5-3-2-4-6-11/h2-6,8,12-14,16H,7,9H2,1H3,(H,18,20,21)/t12-,13-,14?,16?/m1/s1. The summed E-state index contributed by atoms with van der Waals surface area (Å²) in [7, 11) is 0. The van der Waals surface area contributed by atoms with E-state index in [1.165, 1.54) is 10.8 Å². The monoisotopic (exact) mass is 330 g/mol. The van der Waals surface area contributed by atoms with Crippen molar-refractivity contribution in [2.45, 2.75) is 38.1 Å². The minimum atomic E-state index is -0.477. The predicted octanol–water partition coefficient (Wildman–Crippen LogP) is 1.25. The van der Waals surface area contributed by atoms with Crippen LogP contribution in [0, 0.1) is 6.92 Å². The Kier molecular flexibility index (Phi) is 3.84. The van der Waals surface area contributed by atoms with Crippen molar-refractivity contribution in [1.29, 1.82) is 0 Å². The zero-order chi connectivity index (χ0) is 16.7. The van der Waals surface area contributed by atoms with Crippen LogP contribution < -0.4 is 11.2 Å². The average molecular weight is 330 g/mol. The zero-order valence-corrected chi connectivity index (χ0v) is 13.2. The Morgan fingerprint density at radius 1 is 1.12 bits per heavy atom. The summed E-state index contributed by atoms with van der Waals surface area (Å²) in [6.45, 7) is 2.06. The minimum absolute atomic E-state index is 0.159. The molecular formula is C17H18N2O5. The second-order valence-corrected chi connectivity index (χ2v) is 6.09. The van der Waals surface area contributed by atoms with Crippen LogP contribution in [0.5, 0.6) is 0 Å². The summed E-state index contributed by atoms with van der Waals surface area (Å²) < 4.78 is 19.1. The smallest absolute Gasteiger partial charge is 0.330 e. The van der Waals surface area contributed by atoms with Gasteiger partial charge in [0.25, 0.3) is 5.56 Å². The number of aromatic nitrogens is 2. The lowest BCUT2D eigenvalue weighted by Gasteiger charge is -2.31. The van der Waals surface area contributed by atoms with Crippen LogP contribution in [0.25, 0.3) is 0 Å². The Morgan fingerprint density at radius 3 is 2.71 bits per heavy atom. The molecule has 4 atom stereocenters. The molecule has 1 N–H and O–H groups in total. The molecule has 2 aliphatic rings. The van der Waals surface area contributed by atoms with E-state index in [1.807, 2.05) is 30.3 Å². The van der Waals surface area contributed by atoms with E-state index in [2.05, 4.69) is 4.98 Å². The van der Waals surface area contributed by atoms with Crippen molar-refractivity contribution >= 4 is 0 Å². The first-order valence-corrected chi connectivity index (χ1v) is 7.91. The number of H-pyrrole nitrogens is 1. The van der Waals surface area contributed by atoms with Gasteiger partial charge in [0, 0.05) is 23.7 Å². The van der Waals surface area contributed by atoms with E-state index in [9.17, 15) is 9.59 Å². The molecule has 0 spiro atoms. The number of ether oxygens (including phenoxy) is 3. The van der Waals surface area contributed by atoms with Crippen molar-refractivity contribution in [3.05, 3.63) is 68.5 Å². The Hall–Kier alpha value is -2.22. The average Bonchev–Trinajstić information content (AvgIpc) is 3.01. The highest BCUT2D eigenvalue weighted by Gasteiger charge is 2.42. The molecule has 1 aromatic heterocycles. The van der Waals surface area contributed by atoms with Gasteiger partial charge in [-0.25, -0.2) is 4.79 Å². The first-order valence-electron chi connectivity index (χ1n) is 7.91. The van der Waals surface area contributed by atoms with Crippen LogP contribution in [-0.2, 0) is 14.2 Å². The van der Waals surface area contributed by atoms with Crippen LogP contribution in [0.3, 0.4) is 0 Å². The van der Waals surface area contributed by atoms with Gasteiger partial charge in [0.2, 0.25) is 0 Å². The second-order valence-electron chi connectivity index (χ2n) is 6.09. The highest BCUT2D eigenvalue weighted by molar-refractivity contribution is 5.16. The number of aromatic amines is 1. The van der Waals surface area contributed by atoms with Gasteiger partial charge >= 0.3 is 5.69 Å². The number of hydrogen-bond donors (Lipinski definition) is 1. The van der Waals surface area contributed by atoms with Crippen molar-refractivity contribution in [1.82, 2.24) is 9.55 Å². The van der Waals surface area contributed by atoms with Crippen LogP contribution >= 0.6 is 0 Å². The molecule has 0 bridgehead atoms. The molecule has 0 radical (unpaired) electrons. The van der Waals surface area contributed by atoms with Crippen LogP contribution in [0.2, 0.25) is 0 Å². The summed E-state index contributed by atoms with van der Waals surface area (Å²) in [5, 5.41) is 0. The minimum Gasteiger partial charge on any atom is -0.349 e. The highest BCUT2D eigenvalue weighted by Crippen LogP contribution is 2.37. The quantitative estimate of drug-likeness (QED) is 0.896. The van der Waals surface area contributed by atoms with Crippen LogP contribution in [0.4, 0.5) is 0 Å². The molecule has 3 heterocycles. The van der Waals surface area contributed by atoms with E-state index < -0.39 is 18.2 Å². The lowest BCUT2D eigenvalue weighted by Crippen LogP contribution is -2.37. The van der Waals surface area contributed by atoms with Crippen LogP contribution in [0.15, 0.2) is 46.1 Å². The van der Waals surface area contributed by atoms with Crippen molar-refractivity contribution in [3.8, 4) is 0 Å². The normalized spacial score (nSPS) is 29.4. The molecule has 2 aromatic rings. The van der Waals surface area contributed by atoms with E-state index in [0.717, 1.165) is 5.56 Å². The van der Waals surface area contributed by atoms with Gasteiger partial charge in [0.15, 0.2) is 6.29 Å². The number of fused-ring (bicyclic) bond motifs is 1. The SMILES string of the molecule is Cc1cn(C2C[C@H]3OC(c4ccccc4)OC[C@H]3O2)c(=O)[nH]c1=O. The number of rotatable bonds is 2. The van der Waals surface area contributed by atoms with Gasteiger partial charge in [-0.1, -0.05) is 30.3 Å². The summed E-state index contributed by atoms with van der Waals surface area (Å²) in [4.78, 5) is 25.8. The number of benzene rings is 1.